The molecule has 206 valence electrons. The van der Waals surface area contributed by atoms with Gasteiger partial charge in [0.15, 0.2) is 5.78 Å². The topological polar surface area (TPSA) is 110 Å². The van der Waals surface area contributed by atoms with E-state index in [1.807, 2.05) is 26.0 Å². The number of amides is 2. The highest BCUT2D eigenvalue weighted by atomic mass is 16.2. The molecule has 1 saturated carbocycles. The van der Waals surface area contributed by atoms with E-state index in [0.29, 0.717) is 29.9 Å². The molecule has 1 saturated heterocycles. The average Bonchev–Trinajstić information content (AvgIpc) is 3.20. The van der Waals surface area contributed by atoms with Crippen molar-refractivity contribution in [2.75, 3.05) is 6.54 Å². The summed E-state index contributed by atoms with van der Waals surface area (Å²) in [6, 6.07) is 3.50. The van der Waals surface area contributed by atoms with Gasteiger partial charge in [-0.2, -0.15) is 5.10 Å². The van der Waals surface area contributed by atoms with Crippen LogP contribution in [0.4, 0.5) is 0 Å². The Morgan fingerprint density at radius 1 is 1.08 bits per heavy atom. The van der Waals surface area contributed by atoms with Gasteiger partial charge in [0.2, 0.25) is 11.8 Å². The second-order valence-corrected chi connectivity index (χ2v) is 12.8. The highest BCUT2D eigenvalue weighted by Gasteiger charge is 2.64. The Morgan fingerprint density at radius 3 is 2.41 bits per heavy atom. The van der Waals surface area contributed by atoms with Gasteiger partial charge in [0, 0.05) is 42.9 Å². The van der Waals surface area contributed by atoms with E-state index in [4.69, 9.17) is 0 Å². The van der Waals surface area contributed by atoms with E-state index in [9.17, 15) is 14.4 Å². The largest absolute Gasteiger partial charge is 0.354 e. The fourth-order valence-corrected chi connectivity index (χ4v) is 5.86. The van der Waals surface area contributed by atoms with E-state index in [2.05, 4.69) is 48.1 Å². The molecule has 2 aliphatic rings. The number of hydrogen-bond acceptors (Lipinski definition) is 6. The van der Waals surface area contributed by atoms with Crippen LogP contribution in [0.15, 0.2) is 24.5 Å². The first-order valence-electron chi connectivity index (χ1n) is 13.7. The number of Topliss-reactive ketones (excluding diaryl/α,β-unsaturated/α-hetero) is 1. The predicted molar refractivity (Wildman–Crippen MR) is 149 cm³/mol. The van der Waals surface area contributed by atoms with Crippen molar-refractivity contribution in [3.63, 3.8) is 0 Å². The minimum atomic E-state index is -0.482. The van der Waals surface area contributed by atoms with E-state index in [-0.39, 0.29) is 41.0 Å². The van der Waals surface area contributed by atoms with Crippen LogP contribution in [0.25, 0.3) is 22.0 Å². The summed E-state index contributed by atoms with van der Waals surface area (Å²) in [4.78, 5) is 49.9. The molecule has 0 unspecified atom stereocenters. The Morgan fingerprint density at radius 2 is 1.77 bits per heavy atom. The lowest BCUT2D eigenvalue weighted by Gasteiger charge is -2.27. The maximum absolute atomic E-state index is 13.8. The molecule has 0 bridgehead atoms. The zero-order chi connectivity index (χ0) is 28.3. The normalized spacial score (nSPS) is 22.2. The van der Waals surface area contributed by atoms with Crippen molar-refractivity contribution in [3.05, 3.63) is 41.6 Å². The summed E-state index contributed by atoms with van der Waals surface area (Å²) in [7, 11) is 0. The predicted octanol–water partition coefficient (Wildman–Crippen LogP) is 4.24. The number of likely N-dealkylation sites (tertiary alicyclic amines) is 1. The van der Waals surface area contributed by atoms with Gasteiger partial charge in [-0.25, -0.2) is 9.97 Å². The van der Waals surface area contributed by atoms with Crippen LogP contribution in [-0.2, 0) is 16.1 Å². The Kier molecular flexibility index (Phi) is 6.59. The minimum Gasteiger partial charge on any atom is -0.354 e. The van der Waals surface area contributed by atoms with Crippen LogP contribution in [0, 0.1) is 24.7 Å². The van der Waals surface area contributed by atoms with E-state index in [1.54, 1.807) is 22.0 Å². The number of piperidine rings is 1. The van der Waals surface area contributed by atoms with Crippen molar-refractivity contribution in [1.29, 1.82) is 0 Å². The number of ketones is 1. The van der Waals surface area contributed by atoms with Crippen molar-refractivity contribution < 1.29 is 14.4 Å². The quantitative estimate of drug-likeness (QED) is 0.458. The molecule has 1 aromatic carbocycles. The fourth-order valence-electron chi connectivity index (χ4n) is 5.86. The first kappa shape index (κ1) is 27.0. The maximum atomic E-state index is 13.8. The van der Waals surface area contributed by atoms with Gasteiger partial charge in [0.25, 0.3) is 0 Å². The van der Waals surface area contributed by atoms with Crippen LogP contribution in [-0.4, -0.2) is 60.9 Å². The standard InChI is InChI=1S/C30H38N6O3/c1-17-10-20(21-14-32-19(3)33-15-21)11-22-26(18(2)37)34-35(27(17)22)16-25(38)36-23(12-30(7)13-24(30)36)28(39)31-9-8-29(4,5)6/h10-11,14-15,23-24H,8-9,12-13,16H2,1-7H3,(H,31,39)/t23-,24+,30-/m0/s1. The molecule has 2 aromatic heterocycles. The molecule has 3 heterocycles. The van der Waals surface area contributed by atoms with Gasteiger partial charge in [-0.3, -0.25) is 19.1 Å². The number of fused-ring (bicyclic) bond motifs is 2. The third-order valence-electron chi connectivity index (χ3n) is 8.17. The number of carbonyl (C=O) groups excluding carboxylic acids is 3. The molecular formula is C30H38N6O3. The van der Waals surface area contributed by atoms with Gasteiger partial charge < -0.3 is 10.2 Å². The number of nitrogens with one attached hydrogen (secondary N) is 1. The summed E-state index contributed by atoms with van der Waals surface area (Å²) >= 11 is 0. The van der Waals surface area contributed by atoms with Crippen LogP contribution >= 0.6 is 0 Å². The molecule has 9 nitrogen and oxygen atoms in total. The minimum absolute atomic E-state index is 0.0145. The molecule has 3 aromatic rings. The molecule has 1 aliphatic carbocycles. The second kappa shape index (κ2) is 9.54. The third-order valence-corrected chi connectivity index (χ3v) is 8.17. The maximum Gasteiger partial charge on any atom is 0.245 e. The van der Waals surface area contributed by atoms with Crippen molar-refractivity contribution in [1.82, 2.24) is 30.0 Å². The van der Waals surface area contributed by atoms with Gasteiger partial charge in [0.1, 0.15) is 24.1 Å². The molecule has 0 radical (unpaired) electrons. The highest BCUT2D eigenvalue weighted by Crippen LogP contribution is 2.59. The van der Waals surface area contributed by atoms with Crippen LogP contribution in [0.1, 0.15) is 75.8 Å². The number of hydrogen-bond donors (Lipinski definition) is 1. The van der Waals surface area contributed by atoms with E-state index in [0.717, 1.165) is 35.0 Å². The second-order valence-electron chi connectivity index (χ2n) is 12.8. The monoisotopic (exact) mass is 530 g/mol. The average molecular weight is 531 g/mol. The van der Waals surface area contributed by atoms with Crippen LogP contribution < -0.4 is 5.32 Å². The summed E-state index contributed by atoms with van der Waals surface area (Å²) in [5.41, 5.74) is 3.79. The van der Waals surface area contributed by atoms with E-state index < -0.39 is 6.04 Å². The zero-order valence-electron chi connectivity index (χ0n) is 24.0. The van der Waals surface area contributed by atoms with Crippen LogP contribution in [0.2, 0.25) is 0 Å². The third kappa shape index (κ3) is 5.18. The number of benzene rings is 1. The lowest BCUT2D eigenvalue weighted by Crippen LogP contribution is -2.49. The van der Waals surface area contributed by atoms with Crippen molar-refractivity contribution in [2.45, 2.75) is 86.4 Å². The van der Waals surface area contributed by atoms with E-state index >= 15 is 0 Å². The number of aromatic nitrogens is 4. The molecule has 5 rings (SSSR count). The molecule has 1 aliphatic heterocycles. The first-order valence-corrected chi connectivity index (χ1v) is 13.7. The van der Waals surface area contributed by atoms with Crippen LogP contribution in [0.3, 0.4) is 0 Å². The molecule has 2 amide bonds. The Balaban J connectivity index is 1.43. The van der Waals surface area contributed by atoms with Gasteiger partial charge in [-0.15, -0.1) is 0 Å². The Hall–Kier alpha value is -3.62. The van der Waals surface area contributed by atoms with Crippen molar-refractivity contribution in [2.24, 2.45) is 10.8 Å². The van der Waals surface area contributed by atoms with Gasteiger partial charge in [-0.1, -0.05) is 27.7 Å². The Bertz CT molecular complexity index is 1470. The van der Waals surface area contributed by atoms with Gasteiger partial charge in [0.05, 0.1) is 5.52 Å². The summed E-state index contributed by atoms with van der Waals surface area (Å²) in [6.45, 7) is 14.4. The molecule has 1 N–H and O–H groups in total. The molecule has 9 heteroatoms. The number of rotatable bonds is 7. The number of carbonyl (C=O) groups is 3. The summed E-state index contributed by atoms with van der Waals surface area (Å²) in [5.74, 6) is 0.279. The first-order chi connectivity index (χ1) is 18.3. The van der Waals surface area contributed by atoms with Gasteiger partial charge in [-0.05, 0) is 67.2 Å². The van der Waals surface area contributed by atoms with Gasteiger partial charge >= 0.3 is 0 Å². The molecular weight excluding hydrogens is 492 g/mol. The fraction of sp³-hybridized carbons (Fsp3) is 0.533. The summed E-state index contributed by atoms with van der Waals surface area (Å²) in [5, 5.41) is 8.36. The number of nitrogens with zero attached hydrogens (tertiary/aromatic N) is 5. The smallest absolute Gasteiger partial charge is 0.245 e. The highest BCUT2D eigenvalue weighted by molar-refractivity contribution is 6.07. The SMILES string of the molecule is CC(=O)c1nn(CC(=O)N2[C@H](C(=O)NCCC(C)(C)C)C[C@@]3(C)C[C@@H]23)c2c(C)cc(-c3cnc(C)nc3)cc12. The molecule has 0 spiro atoms. The molecule has 2 fully saturated rings. The summed E-state index contributed by atoms with van der Waals surface area (Å²) < 4.78 is 1.63. The molecule has 39 heavy (non-hydrogen) atoms. The number of aryl methyl sites for hydroxylation is 2. The van der Waals surface area contributed by atoms with Crippen molar-refractivity contribution >= 4 is 28.5 Å². The zero-order valence-corrected chi connectivity index (χ0v) is 24.0. The van der Waals surface area contributed by atoms with Crippen LogP contribution in [0.5, 0.6) is 0 Å². The van der Waals surface area contributed by atoms with Crippen molar-refractivity contribution in [3.8, 4) is 11.1 Å². The summed E-state index contributed by atoms with van der Waals surface area (Å²) in [6.07, 6.45) is 5.96. The van der Waals surface area contributed by atoms with E-state index in [1.165, 1.54) is 6.92 Å². The molecule has 3 atom stereocenters. The lowest BCUT2D eigenvalue weighted by atomic mass is 9.92. The lowest BCUT2D eigenvalue weighted by molar-refractivity contribution is -0.140. The Labute approximate surface area is 229 Å².